The Labute approximate surface area is 124 Å². The van der Waals surface area contributed by atoms with E-state index in [2.05, 4.69) is 5.32 Å². The van der Waals surface area contributed by atoms with Crippen molar-refractivity contribution in [2.24, 2.45) is 0 Å². The molecular weight excluding hydrogens is 269 g/mol. The number of ether oxygens (including phenoxy) is 2. The third-order valence-corrected chi connectivity index (χ3v) is 3.54. The minimum atomic E-state index is -0.312. The molecule has 2 rings (SSSR count). The Hall–Kier alpha value is -2.07. The third kappa shape index (κ3) is 3.52. The lowest BCUT2D eigenvalue weighted by molar-refractivity contribution is 0.380. The number of hydrogen-bond acceptors (Lipinski definition) is 3. The summed E-state index contributed by atoms with van der Waals surface area (Å²) < 4.78 is 24.5. The fourth-order valence-corrected chi connectivity index (χ4v) is 2.32. The van der Waals surface area contributed by atoms with Crippen LogP contribution in [0, 0.1) is 5.82 Å². The second kappa shape index (κ2) is 7.09. The monoisotopic (exact) mass is 289 g/mol. The summed E-state index contributed by atoms with van der Waals surface area (Å²) in [5.74, 6) is 0.766. The maximum atomic E-state index is 14.3. The van der Waals surface area contributed by atoms with Crippen molar-refractivity contribution in [2.45, 2.75) is 12.5 Å². The summed E-state index contributed by atoms with van der Waals surface area (Å²) in [4.78, 5) is 0. The molecule has 0 fully saturated rings. The Kier molecular flexibility index (Phi) is 5.17. The van der Waals surface area contributed by atoms with Gasteiger partial charge >= 0.3 is 0 Å². The molecule has 2 aromatic carbocycles. The predicted molar refractivity (Wildman–Crippen MR) is 81.5 cm³/mol. The molecule has 0 heterocycles. The molecule has 112 valence electrons. The van der Waals surface area contributed by atoms with E-state index in [0.29, 0.717) is 12.0 Å². The molecule has 0 aliphatic carbocycles. The lowest BCUT2D eigenvalue weighted by Crippen LogP contribution is -2.20. The van der Waals surface area contributed by atoms with Crippen LogP contribution in [0.2, 0.25) is 0 Å². The molecule has 2 aromatic rings. The smallest absolute Gasteiger partial charge is 0.169 e. The second-order valence-electron chi connectivity index (χ2n) is 4.76. The maximum Gasteiger partial charge on any atom is 0.169 e. The van der Waals surface area contributed by atoms with Gasteiger partial charge in [0.1, 0.15) is 5.75 Å². The van der Waals surface area contributed by atoms with Crippen LogP contribution in [-0.2, 0) is 6.42 Å². The first-order valence-electron chi connectivity index (χ1n) is 6.82. The summed E-state index contributed by atoms with van der Waals surface area (Å²) in [5.41, 5.74) is 1.71. The molecule has 0 saturated heterocycles. The highest BCUT2D eigenvalue weighted by atomic mass is 19.1. The summed E-state index contributed by atoms with van der Waals surface area (Å²) in [5, 5.41) is 3.16. The quantitative estimate of drug-likeness (QED) is 0.884. The zero-order chi connectivity index (χ0) is 15.2. The highest BCUT2D eigenvalue weighted by Gasteiger charge is 2.17. The second-order valence-corrected chi connectivity index (χ2v) is 4.76. The van der Waals surface area contributed by atoms with Gasteiger partial charge in [-0.2, -0.15) is 0 Å². The molecule has 0 spiro atoms. The molecule has 0 amide bonds. The van der Waals surface area contributed by atoms with Crippen molar-refractivity contribution in [3.63, 3.8) is 0 Å². The molecule has 0 radical (unpaired) electrons. The van der Waals surface area contributed by atoms with Crippen LogP contribution >= 0.6 is 0 Å². The van der Waals surface area contributed by atoms with E-state index in [1.807, 2.05) is 31.3 Å². The van der Waals surface area contributed by atoms with E-state index < -0.39 is 0 Å². The molecule has 0 aliphatic rings. The van der Waals surface area contributed by atoms with Gasteiger partial charge in [-0.15, -0.1) is 0 Å². The largest absolute Gasteiger partial charge is 0.497 e. The molecule has 21 heavy (non-hydrogen) atoms. The van der Waals surface area contributed by atoms with Crippen molar-refractivity contribution in [3.05, 3.63) is 59.4 Å². The molecule has 4 heteroatoms. The van der Waals surface area contributed by atoms with Crippen LogP contribution in [0.1, 0.15) is 17.2 Å². The third-order valence-electron chi connectivity index (χ3n) is 3.54. The Morgan fingerprint density at radius 1 is 1.05 bits per heavy atom. The summed E-state index contributed by atoms with van der Waals surface area (Å²) in [6, 6.07) is 12.9. The first kappa shape index (κ1) is 15.3. The van der Waals surface area contributed by atoms with Gasteiger partial charge in [0.25, 0.3) is 0 Å². The van der Waals surface area contributed by atoms with Gasteiger partial charge in [0.15, 0.2) is 11.6 Å². The Morgan fingerprint density at radius 2 is 1.76 bits per heavy atom. The molecular formula is C17H20FNO2. The van der Waals surface area contributed by atoms with Gasteiger partial charge in [0, 0.05) is 11.6 Å². The van der Waals surface area contributed by atoms with Crippen LogP contribution in [0.3, 0.4) is 0 Å². The number of likely N-dealkylation sites (N-methyl/N-ethyl adjacent to an activating group) is 1. The Balaban J connectivity index is 2.23. The minimum absolute atomic E-state index is 0.117. The van der Waals surface area contributed by atoms with Crippen molar-refractivity contribution < 1.29 is 13.9 Å². The molecule has 0 aromatic heterocycles. The normalized spacial score (nSPS) is 12.0. The van der Waals surface area contributed by atoms with Crippen LogP contribution in [0.25, 0.3) is 0 Å². The Morgan fingerprint density at radius 3 is 2.33 bits per heavy atom. The molecule has 1 N–H and O–H groups in total. The molecule has 0 aliphatic heterocycles. The van der Waals surface area contributed by atoms with Gasteiger partial charge in [-0.3, -0.25) is 0 Å². The van der Waals surface area contributed by atoms with E-state index in [9.17, 15) is 4.39 Å². The van der Waals surface area contributed by atoms with Crippen LogP contribution in [0.5, 0.6) is 11.5 Å². The number of nitrogens with one attached hydrogen (secondary N) is 1. The standard InChI is InChI=1S/C17H20FNO2/c1-19-15(11-12-7-9-13(20-2)10-8-12)14-5-4-6-16(21-3)17(14)18/h4-10,15,19H,11H2,1-3H3. The zero-order valence-electron chi connectivity index (χ0n) is 12.5. The van der Waals surface area contributed by atoms with E-state index in [-0.39, 0.29) is 17.6 Å². The number of hydrogen-bond donors (Lipinski definition) is 1. The number of halogens is 1. The van der Waals surface area contributed by atoms with Crippen molar-refractivity contribution in [3.8, 4) is 11.5 Å². The number of rotatable bonds is 6. The average molecular weight is 289 g/mol. The van der Waals surface area contributed by atoms with Crippen molar-refractivity contribution in [2.75, 3.05) is 21.3 Å². The van der Waals surface area contributed by atoms with E-state index in [1.54, 1.807) is 25.3 Å². The summed E-state index contributed by atoms with van der Waals surface area (Å²) in [6.45, 7) is 0. The van der Waals surface area contributed by atoms with Crippen molar-refractivity contribution >= 4 is 0 Å². The number of methoxy groups -OCH3 is 2. The van der Waals surface area contributed by atoms with Crippen LogP contribution in [0.15, 0.2) is 42.5 Å². The summed E-state index contributed by atoms with van der Waals surface area (Å²) >= 11 is 0. The lowest BCUT2D eigenvalue weighted by Gasteiger charge is -2.18. The molecule has 3 nitrogen and oxygen atoms in total. The molecule has 1 atom stereocenters. The molecule has 0 saturated carbocycles. The predicted octanol–water partition coefficient (Wildman–Crippen LogP) is 3.35. The Bertz CT molecular complexity index is 584. The summed E-state index contributed by atoms with van der Waals surface area (Å²) in [7, 11) is 4.93. The van der Waals surface area contributed by atoms with E-state index in [4.69, 9.17) is 9.47 Å². The highest BCUT2D eigenvalue weighted by Crippen LogP contribution is 2.27. The van der Waals surface area contributed by atoms with Crippen LogP contribution < -0.4 is 14.8 Å². The number of benzene rings is 2. The molecule has 0 bridgehead atoms. The van der Waals surface area contributed by atoms with E-state index >= 15 is 0 Å². The van der Waals surface area contributed by atoms with Gasteiger partial charge in [-0.25, -0.2) is 4.39 Å². The first-order valence-corrected chi connectivity index (χ1v) is 6.82. The van der Waals surface area contributed by atoms with Gasteiger partial charge in [-0.1, -0.05) is 24.3 Å². The fraction of sp³-hybridized carbons (Fsp3) is 0.294. The first-order chi connectivity index (χ1) is 10.2. The minimum Gasteiger partial charge on any atom is -0.497 e. The maximum absolute atomic E-state index is 14.3. The van der Waals surface area contributed by atoms with Crippen molar-refractivity contribution in [1.82, 2.24) is 5.32 Å². The van der Waals surface area contributed by atoms with Crippen LogP contribution in [0.4, 0.5) is 4.39 Å². The lowest BCUT2D eigenvalue weighted by atomic mass is 9.98. The topological polar surface area (TPSA) is 30.5 Å². The van der Waals surface area contributed by atoms with E-state index in [1.165, 1.54) is 7.11 Å². The van der Waals surface area contributed by atoms with Crippen LogP contribution in [-0.4, -0.2) is 21.3 Å². The van der Waals surface area contributed by atoms with Gasteiger partial charge < -0.3 is 14.8 Å². The SMILES string of the molecule is CNC(Cc1ccc(OC)cc1)c1cccc(OC)c1F. The van der Waals surface area contributed by atoms with Gasteiger partial charge in [-0.05, 0) is 37.2 Å². The zero-order valence-corrected chi connectivity index (χ0v) is 12.5. The highest BCUT2D eigenvalue weighted by molar-refractivity contribution is 5.35. The summed E-state index contributed by atoms with van der Waals surface area (Å²) in [6.07, 6.45) is 0.685. The van der Waals surface area contributed by atoms with Crippen molar-refractivity contribution in [1.29, 1.82) is 0 Å². The average Bonchev–Trinajstić information content (AvgIpc) is 2.54. The fourth-order valence-electron chi connectivity index (χ4n) is 2.32. The van der Waals surface area contributed by atoms with Gasteiger partial charge in [0.2, 0.25) is 0 Å². The molecule has 1 unspecified atom stereocenters. The van der Waals surface area contributed by atoms with Gasteiger partial charge in [0.05, 0.1) is 14.2 Å². The van der Waals surface area contributed by atoms with E-state index in [0.717, 1.165) is 11.3 Å².